The van der Waals surface area contributed by atoms with E-state index in [-0.39, 0.29) is 0 Å². The van der Waals surface area contributed by atoms with Crippen LogP contribution in [0.4, 0.5) is 0 Å². The lowest BCUT2D eigenvalue weighted by molar-refractivity contribution is -0.0645. The van der Waals surface area contributed by atoms with E-state index in [0.29, 0.717) is 17.4 Å². The van der Waals surface area contributed by atoms with E-state index in [1.165, 1.54) is 57.8 Å². The Labute approximate surface area is 155 Å². The predicted molar refractivity (Wildman–Crippen MR) is 105 cm³/mol. The number of allylic oxidation sites excluding steroid dienone is 2. The lowest BCUT2D eigenvalue weighted by atomic mass is 9.46. The number of hydrogen-bond acceptors (Lipinski definition) is 1. The van der Waals surface area contributed by atoms with Gasteiger partial charge in [-0.1, -0.05) is 45.8 Å². The fourth-order valence-electron chi connectivity index (χ4n) is 8.25. The van der Waals surface area contributed by atoms with Gasteiger partial charge in [0, 0.05) is 6.61 Å². The van der Waals surface area contributed by atoms with Crippen molar-refractivity contribution < 1.29 is 5.11 Å². The topological polar surface area (TPSA) is 20.2 Å². The van der Waals surface area contributed by atoms with Crippen LogP contribution in [0.1, 0.15) is 85.0 Å². The summed E-state index contributed by atoms with van der Waals surface area (Å²) in [6.45, 7) is 8.13. The van der Waals surface area contributed by atoms with Crippen LogP contribution in [0.15, 0.2) is 12.2 Å². The summed E-state index contributed by atoms with van der Waals surface area (Å²) in [5.74, 6) is 5.26. The summed E-state index contributed by atoms with van der Waals surface area (Å²) >= 11 is 0. The number of fused-ring (bicyclic) bond motifs is 5. The highest BCUT2D eigenvalue weighted by atomic mass is 16.2. The average Bonchev–Trinajstić information content (AvgIpc) is 2.96. The third-order valence-electron chi connectivity index (χ3n) is 9.65. The molecule has 1 nitrogen and oxygen atoms in total. The molecule has 142 valence electrons. The minimum absolute atomic E-state index is 0.365. The molecule has 4 aliphatic rings. The van der Waals surface area contributed by atoms with Crippen LogP contribution in [0.5, 0.6) is 0 Å². The van der Waals surface area contributed by atoms with Crippen LogP contribution < -0.4 is 0 Å². The van der Waals surface area contributed by atoms with Gasteiger partial charge in [0.1, 0.15) is 0 Å². The first-order chi connectivity index (χ1) is 12.0. The first-order valence-electron chi connectivity index (χ1n) is 11.3. The first kappa shape index (κ1) is 18.1. The molecule has 0 aromatic rings. The van der Waals surface area contributed by atoms with Gasteiger partial charge in [-0.3, -0.25) is 0 Å². The van der Waals surface area contributed by atoms with E-state index in [9.17, 15) is 5.11 Å². The summed E-state index contributed by atoms with van der Waals surface area (Å²) in [7, 11) is 0. The minimum atomic E-state index is 0.365. The Kier molecular flexibility index (Phi) is 4.84. The number of aliphatic hydroxyl groups excluding tert-OH is 1. The van der Waals surface area contributed by atoms with Crippen molar-refractivity contribution in [3.63, 3.8) is 0 Å². The molecule has 0 aliphatic heterocycles. The molecule has 0 aromatic carbocycles. The molecule has 1 heteroatoms. The predicted octanol–water partition coefficient (Wildman–Crippen LogP) is 6.22. The van der Waals surface area contributed by atoms with Crippen LogP contribution in [0.3, 0.4) is 0 Å². The van der Waals surface area contributed by atoms with Crippen LogP contribution >= 0.6 is 0 Å². The molecule has 0 saturated heterocycles. The third-order valence-corrected chi connectivity index (χ3v) is 9.65. The molecule has 0 bridgehead atoms. The van der Waals surface area contributed by atoms with Crippen molar-refractivity contribution in [2.24, 2.45) is 46.3 Å². The van der Waals surface area contributed by atoms with Gasteiger partial charge >= 0.3 is 0 Å². The zero-order valence-electron chi connectivity index (χ0n) is 16.8. The van der Waals surface area contributed by atoms with E-state index < -0.39 is 0 Å². The Hall–Kier alpha value is -0.300. The fraction of sp³-hybridized carbons (Fsp3) is 0.917. The highest BCUT2D eigenvalue weighted by Crippen LogP contribution is 2.66. The monoisotopic (exact) mass is 344 g/mol. The normalized spacial score (nSPS) is 50.0. The largest absolute Gasteiger partial charge is 0.396 e. The van der Waals surface area contributed by atoms with Crippen molar-refractivity contribution in [2.45, 2.75) is 85.0 Å². The maximum atomic E-state index is 9.24. The van der Waals surface area contributed by atoms with Gasteiger partial charge in [0.2, 0.25) is 0 Å². The van der Waals surface area contributed by atoms with Gasteiger partial charge in [0.05, 0.1) is 0 Å². The average molecular weight is 345 g/mol. The SMILES string of the molecule is C[C@@H](CCCO)[C@@H]1CC[C@@H]2[C@H]3C=C[C@H]4CCCC[C@]4(C)[C@@H]3CC[C@]21C. The molecule has 1 N–H and O–H groups in total. The molecule has 25 heavy (non-hydrogen) atoms. The summed E-state index contributed by atoms with van der Waals surface area (Å²) in [5, 5.41) is 9.24. The van der Waals surface area contributed by atoms with Gasteiger partial charge in [0.25, 0.3) is 0 Å². The fourth-order valence-corrected chi connectivity index (χ4v) is 8.25. The first-order valence-corrected chi connectivity index (χ1v) is 11.3. The van der Waals surface area contributed by atoms with Crippen LogP contribution in [-0.4, -0.2) is 11.7 Å². The van der Waals surface area contributed by atoms with E-state index in [2.05, 4.69) is 32.9 Å². The summed E-state index contributed by atoms with van der Waals surface area (Å²) in [5.41, 5.74) is 1.15. The van der Waals surface area contributed by atoms with Crippen molar-refractivity contribution in [1.29, 1.82) is 0 Å². The Morgan fingerprint density at radius 2 is 1.76 bits per heavy atom. The Morgan fingerprint density at radius 3 is 2.56 bits per heavy atom. The molecule has 8 atom stereocenters. The lowest BCUT2D eigenvalue weighted by Crippen LogP contribution is -2.51. The number of hydrogen-bond donors (Lipinski definition) is 1. The Morgan fingerprint density at radius 1 is 0.960 bits per heavy atom. The maximum absolute atomic E-state index is 9.24. The molecular weight excluding hydrogens is 304 g/mol. The molecule has 4 rings (SSSR count). The van der Waals surface area contributed by atoms with E-state index >= 15 is 0 Å². The second-order valence-electron chi connectivity index (χ2n) is 10.6. The molecule has 0 heterocycles. The van der Waals surface area contributed by atoms with E-state index in [4.69, 9.17) is 0 Å². The Bertz CT molecular complexity index is 510. The molecule has 0 amide bonds. The van der Waals surface area contributed by atoms with Crippen molar-refractivity contribution in [1.82, 2.24) is 0 Å². The second kappa shape index (κ2) is 6.70. The summed E-state index contributed by atoms with van der Waals surface area (Å²) in [6, 6.07) is 0. The van der Waals surface area contributed by atoms with E-state index in [1.54, 1.807) is 0 Å². The van der Waals surface area contributed by atoms with Gasteiger partial charge in [-0.2, -0.15) is 0 Å². The van der Waals surface area contributed by atoms with E-state index in [1.807, 2.05) is 0 Å². The van der Waals surface area contributed by atoms with Gasteiger partial charge in [-0.05, 0) is 97.7 Å². The molecule has 0 aromatic heterocycles. The summed E-state index contributed by atoms with van der Waals surface area (Å²) in [6.07, 6.45) is 19.2. The zero-order chi connectivity index (χ0) is 17.7. The van der Waals surface area contributed by atoms with Gasteiger partial charge in [-0.15, -0.1) is 0 Å². The van der Waals surface area contributed by atoms with Gasteiger partial charge in [0.15, 0.2) is 0 Å². The Balaban J connectivity index is 1.57. The van der Waals surface area contributed by atoms with Crippen LogP contribution in [0.2, 0.25) is 0 Å². The second-order valence-corrected chi connectivity index (χ2v) is 10.6. The smallest absolute Gasteiger partial charge is 0.0431 e. The van der Waals surface area contributed by atoms with Crippen LogP contribution in [0.25, 0.3) is 0 Å². The molecule has 0 radical (unpaired) electrons. The molecule has 0 unspecified atom stereocenters. The number of rotatable bonds is 4. The van der Waals surface area contributed by atoms with Crippen molar-refractivity contribution in [2.75, 3.05) is 6.61 Å². The lowest BCUT2D eigenvalue weighted by Gasteiger charge is -2.58. The van der Waals surface area contributed by atoms with Gasteiger partial charge < -0.3 is 5.11 Å². The highest BCUT2D eigenvalue weighted by molar-refractivity contribution is 5.17. The summed E-state index contributed by atoms with van der Waals surface area (Å²) < 4.78 is 0. The highest BCUT2D eigenvalue weighted by Gasteiger charge is 2.58. The number of aliphatic hydroxyl groups is 1. The van der Waals surface area contributed by atoms with Crippen molar-refractivity contribution >= 4 is 0 Å². The van der Waals surface area contributed by atoms with E-state index in [0.717, 1.165) is 41.9 Å². The standard InChI is InChI=1S/C24H40O/c1-17(7-6-16-25)20-11-12-21-19-10-9-18-8-4-5-14-23(18,2)22(19)13-15-24(20,21)3/h9-10,17-22,25H,4-8,11-16H2,1-3H3/t17-,18+,19+,20-,21+,22+,23-,24-/m0/s1. The van der Waals surface area contributed by atoms with Crippen LogP contribution in [0, 0.1) is 46.3 Å². The van der Waals surface area contributed by atoms with Crippen molar-refractivity contribution in [3.8, 4) is 0 Å². The zero-order valence-corrected chi connectivity index (χ0v) is 16.8. The summed E-state index contributed by atoms with van der Waals surface area (Å²) in [4.78, 5) is 0. The maximum Gasteiger partial charge on any atom is 0.0431 e. The molecule has 3 fully saturated rings. The molecule has 0 spiro atoms. The quantitative estimate of drug-likeness (QED) is 0.600. The third kappa shape index (κ3) is 2.75. The van der Waals surface area contributed by atoms with Crippen LogP contribution in [-0.2, 0) is 0 Å². The van der Waals surface area contributed by atoms with Crippen molar-refractivity contribution in [3.05, 3.63) is 12.2 Å². The molecule has 4 aliphatic carbocycles. The molecular formula is C24H40O. The minimum Gasteiger partial charge on any atom is -0.396 e. The molecule has 3 saturated carbocycles. The van der Waals surface area contributed by atoms with Gasteiger partial charge in [-0.25, -0.2) is 0 Å².